The van der Waals surface area contributed by atoms with Crippen molar-refractivity contribution in [1.29, 1.82) is 0 Å². The van der Waals surface area contributed by atoms with Crippen LogP contribution >= 0.6 is 0 Å². The van der Waals surface area contributed by atoms with Crippen LogP contribution in [-0.2, 0) is 16.0 Å². The zero-order valence-electron chi connectivity index (χ0n) is 15.0. The van der Waals surface area contributed by atoms with Crippen LogP contribution in [0.25, 0.3) is 0 Å². The van der Waals surface area contributed by atoms with Gasteiger partial charge in [-0.05, 0) is 68.1 Å². The monoisotopic (exact) mass is 341 g/mol. The number of benzene rings is 2. The SMILES string of the molecule is Cc1cc(C)c(CC(=O)Nc2ccc(OCC(=O)O)cc2C)c(C)c1. The van der Waals surface area contributed by atoms with Crippen LogP contribution in [0.1, 0.15) is 27.8 Å². The van der Waals surface area contributed by atoms with Crippen molar-refractivity contribution < 1.29 is 19.4 Å². The summed E-state index contributed by atoms with van der Waals surface area (Å²) in [7, 11) is 0. The van der Waals surface area contributed by atoms with E-state index in [-0.39, 0.29) is 5.91 Å². The van der Waals surface area contributed by atoms with E-state index in [9.17, 15) is 9.59 Å². The molecule has 0 aliphatic rings. The smallest absolute Gasteiger partial charge is 0.341 e. The van der Waals surface area contributed by atoms with E-state index in [1.165, 1.54) is 5.56 Å². The molecule has 0 aliphatic heterocycles. The predicted octanol–water partition coefficient (Wildman–Crippen LogP) is 3.56. The lowest BCUT2D eigenvalue weighted by molar-refractivity contribution is -0.139. The van der Waals surface area contributed by atoms with Gasteiger partial charge in [-0.1, -0.05) is 17.7 Å². The van der Waals surface area contributed by atoms with Crippen molar-refractivity contribution in [3.63, 3.8) is 0 Å². The zero-order chi connectivity index (χ0) is 18.6. The van der Waals surface area contributed by atoms with Crippen LogP contribution in [0.15, 0.2) is 30.3 Å². The number of carboxylic acid groups (broad SMARTS) is 1. The van der Waals surface area contributed by atoms with Crippen LogP contribution in [0.5, 0.6) is 5.75 Å². The molecule has 5 nitrogen and oxygen atoms in total. The predicted molar refractivity (Wildman–Crippen MR) is 97.3 cm³/mol. The fourth-order valence-electron chi connectivity index (χ4n) is 2.85. The highest BCUT2D eigenvalue weighted by Gasteiger charge is 2.11. The highest BCUT2D eigenvalue weighted by atomic mass is 16.5. The molecule has 0 unspecified atom stereocenters. The number of rotatable bonds is 6. The minimum atomic E-state index is -1.03. The van der Waals surface area contributed by atoms with Gasteiger partial charge in [0.15, 0.2) is 6.61 Å². The van der Waals surface area contributed by atoms with Crippen LogP contribution in [0.3, 0.4) is 0 Å². The van der Waals surface area contributed by atoms with Crippen LogP contribution in [0, 0.1) is 27.7 Å². The number of carbonyl (C=O) groups is 2. The van der Waals surface area contributed by atoms with E-state index in [0.717, 1.165) is 22.3 Å². The Balaban J connectivity index is 2.07. The quantitative estimate of drug-likeness (QED) is 0.842. The normalized spacial score (nSPS) is 10.4. The van der Waals surface area contributed by atoms with Gasteiger partial charge >= 0.3 is 5.97 Å². The number of carbonyl (C=O) groups excluding carboxylic acids is 1. The molecule has 2 aromatic carbocycles. The third-order valence-electron chi connectivity index (χ3n) is 4.01. The number of ether oxygens (including phenoxy) is 1. The molecule has 0 saturated heterocycles. The maximum absolute atomic E-state index is 12.4. The van der Waals surface area contributed by atoms with Gasteiger partial charge < -0.3 is 15.2 Å². The van der Waals surface area contributed by atoms with Crippen molar-refractivity contribution in [2.45, 2.75) is 34.1 Å². The second-order valence-electron chi connectivity index (χ2n) is 6.26. The molecule has 0 spiro atoms. The molecule has 0 atom stereocenters. The van der Waals surface area contributed by atoms with Gasteiger partial charge in [-0.2, -0.15) is 0 Å². The molecule has 2 N–H and O–H groups in total. The molecule has 0 radical (unpaired) electrons. The van der Waals surface area contributed by atoms with E-state index < -0.39 is 12.6 Å². The average molecular weight is 341 g/mol. The molecule has 0 fully saturated rings. The van der Waals surface area contributed by atoms with Crippen LogP contribution in [0.2, 0.25) is 0 Å². The Labute approximate surface area is 147 Å². The molecule has 5 heteroatoms. The van der Waals surface area contributed by atoms with E-state index >= 15 is 0 Å². The maximum atomic E-state index is 12.4. The van der Waals surface area contributed by atoms with E-state index in [1.54, 1.807) is 18.2 Å². The molecule has 0 bridgehead atoms. The van der Waals surface area contributed by atoms with Crippen molar-refractivity contribution in [3.8, 4) is 5.75 Å². The molecule has 25 heavy (non-hydrogen) atoms. The summed E-state index contributed by atoms with van der Waals surface area (Å²) in [5.41, 5.74) is 5.96. The third kappa shape index (κ3) is 5.08. The lowest BCUT2D eigenvalue weighted by atomic mass is 9.97. The summed E-state index contributed by atoms with van der Waals surface area (Å²) in [6.45, 7) is 7.52. The first-order chi connectivity index (χ1) is 11.8. The molecular formula is C20H23NO4. The summed E-state index contributed by atoms with van der Waals surface area (Å²) in [6.07, 6.45) is 0.314. The molecule has 132 valence electrons. The summed E-state index contributed by atoms with van der Waals surface area (Å²) in [6, 6.07) is 9.24. The Morgan fingerprint density at radius 1 is 1.00 bits per heavy atom. The fraction of sp³-hybridized carbons (Fsp3) is 0.300. The lowest BCUT2D eigenvalue weighted by Crippen LogP contribution is -2.16. The number of nitrogens with one attached hydrogen (secondary N) is 1. The van der Waals surface area contributed by atoms with E-state index in [4.69, 9.17) is 9.84 Å². The van der Waals surface area contributed by atoms with Gasteiger partial charge in [0.25, 0.3) is 0 Å². The van der Waals surface area contributed by atoms with Crippen molar-refractivity contribution in [2.24, 2.45) is 0 Å². The van der Waals surface area contributed by atoms with Crippen molar-refractivity contribution in [1.82, 2.24) is 0 Å². The van der Waals surface area contributed by atoms with Gasteiger partial charge in [-0.3, -0.25) is 4.79 Å². The molecule has 1 amide bonds. The first-order valence-corrected chi connectivity index (χ1v) is 8.08. The summed E-state index contributed by atoms with van der Waals surface area (Å²) in [4.78, 5) is 22.9. The lowest BCUT2D eigenvalue weighted by Gasteiger charge is -2.13. The fourth-order valence-corrected chi connectivity index (χ4v) is 2.85. The number of amides is 1. The zero-order valence-corrected chi connectivity index (χ0v) is 15.0. The third-order valence-corrected chi connectivity index (χ3v) is 4.01. The molecule has 0 heterocycles. The Morgan fingerprint density at radius 3 is 2.20 bits per heavy atom. The van der Waals surface area contributed by atoms with Crippen LogP contribution in [0.4, 0.5) is 5.69 Å². The van der Waals surface area contributed by atoms with E-state index in [2.05, 4.69) is 17.4 Å². The Bertz CT molecular complexity index is 788. The number of carboxylic acids is 1. The molecular weight excluding hydrogens is 318 g/mol. The van der Waals surface area contributed by atoms with Gasteiger partial charge in [0.05, 0.1) is 6.42 Å². The van der Waals surface area contributed by atoms with Gasteiger partial charge in [0, 0.05) is 5.69 Å². The summed E-state index contributed by atoms with van der Waals surface area (Å²) in [5, 5.41) is 11.5. The second kappa shape index (κ2) is 7.83. The largest absolute Gasteiger partial charge is 0.482 e. The van der Waals surface area contributed by atoms with Crippen molar-refractivity contribution >= 4 is 17.6 Å². The van der Waals surface area contributed by atoms with Gasteiger partial charge in [0.2, 0.25) is 5.91 Å². The summed E-state index contributed by atoms with van der Waals surface area (Å²) in [5.74, 6) is -0.653. The molecule has 0 saturated carbocycles. The average Bonchev–Trinajstić information content (AvgIpc) is 2.51. The van der Waals surface area contributed by atoms with Gasteiger partial charge in [-0.15, -0.1) is 0 Å². The number of aliphatic carboxylic acids is 1. The summed E-state index contributed by atoms with van der Waals surface area (Å²) >= 11 is 0. The maximum Gasteiger partial charge on any atom is 0.341 e. The Kier molecular flexibility index (Phi) is 5.80. The summed E-state index contributed by atoms with van der Waals surface area (Å²) < 4.78 is 5.13. The number of aryl methyl sites for hydroxylation is 4. The Morgan fingerprint density at radius 2 is 1.64 bits per heavy atom. The van der Waals surface area contributed by atoms with Crippen molar-refractivity contribution in [3.05, 3.63) is 58.1 Å². The van der Waals surface area contributed by atoms with Crippen LogP contribution < -0.4 is 10.1 Å². The van der Waals surface area contributed by atoms with Gasteiger partial charge in [-0.25, -0.2) is 4.79 Å². The highest BCUT2D eigenvalue weighted by molar-refractivity contribution is 5.93. The second-order valence-corrected chi connectivity index (χ2v) is 6.26. The number of anilines is 1. The molecule has 0 aliphatic carbocycles. The minimum absolute atomic E-state index is 0.0858. The molecule has 2 rings (SSSR count). The first-order valence-electron chi connectivity index (χ1n) is 8.08. The molecule has 2 aromatic rings. The number of hydrogen-bond donors (Lipinski definition) is 2. The van der Waals surface area contributed by atoms with Gasteiger partial charge in [0.1, 0.15) is 5.75 Å². The Hall–Kier alpha value is -2.82. The number of hydrogen-bond acceptors (Lipinski definition) is 3. The minimum Gasteiger partial charge on any atom is -0.482 e. The first kappa shape index (κ1) is 18.5. The van der Waals surface area contributed by atoms with E-state index in [1.807, 2.05) is 27.7 Å². The molecule has 0 aromatic heterocycles. The van der Waals surface area contributed by atoms with E-state index in [0.29, 0.717) is 17.9 Å². The highest BCUT2D eigenvalue weighted by Crippen LogP contribution is 2.22. The topological polar surface area (TPSA) is 75.6 Å². The van der Waals surface area contributed by atoms with Crippen molar-refractivity contribution in [2.75, 3.05) is 11.9 Å². The standard InChI is InChI=1S/C20H23NO4/c1-12-7-13(2)17(14(3)8-12)10-19(22)21-18-6-5-16(9-15(18)4)25-11-20(23)24/h5-9H,10-11H2,1-4H3,(H,21,22)(H,23,24). The van der Waals surface area contributed by atoms with Crippen LogP contribution in [-0.4, -0.2) is 23.6 Å².